The number of fused-ring (bicyclic) bond motifs is 1. The van der Waals surface area contributed by atoms with Gasteiger partial charge in [0.15, 0.2) is 11.5 Å². The van der Waals surface area contributed by atoms with E-state index < -0.39 is 40.5 Å². The van der Waals surface area contributed by atoms with Crippen molar-refractivity contribution in [2.24, 2.45) is 0 Å². The summed E-state index contributed by atoms with van der Waals surface area (Å²) in [4.78, 5) is 39.8. The second-order valence-corrected chi connectivity index (χ2v) is 8.66. The van der Waals surface area contributed by atoms with Crippen LogP contribution in [0.5, 0.6) is 0 Å². The summed E-state index contributed by atoms with van der Waals surface area (Å²) in [5.41, 5.74) is 6.44. The molecule has 7 N–H and O–H groups in total. The largest absolute Gasteiger partial charge is 0.412 e. The number of nitrogens with one attached hydrogen (secondary N) is 1. The van der Waals surface area contributed by atoms with Gasteiger partial charge in [-0.25, -0.2) is 24.1 Å². The van der Waals surface area contributed by atoms with Gasteiger partial charge in [-0.3, -0.25) is 9.09 Å². The molecule has 0 spiro atoms. The van der Waals surface area contributed by atoms with Crippen molar-refractivity contribution in [3.05, 3.63) is 12.7 Å². The number of nitrogens with zero attached hydrogens (tertiary/aromatic N) is 4. The Morgan fingerprint density at radius 2 is 2.08 bits per heavy atom. The number of nitrogens with two attached hydrogens (primary N) is 1. The fourth-order valence-corrected chi connectivity index (χ4v) is 4.38. The van der Waals surface area contributed by atoms with E-state index in [0.29, 0.717) is 11.2 Å². The molecule has 0 aromatic carbocycles. The van der Waals surface area contributed by atoms with Gasteiger partial charge in [-0.05, 0) is 0 Å². The zero-order valence-corrected chi connectivity index (χ0v) is 14.8. The summed E-state index contributed by atoms with van der Waals surface area (Å²) in [6, 6.07) is 0. The minimum atomic E-state index is -4.98. The summed E-state index contributed by atoms with van der Waals surface area (Å²) >= 11 is 0. The summed E-state index contributed by atoms with van der Waals surface area (Å²) in [7, 11) is -9.76. The predicted octanol–water partition coefficient (Wildman–Crippen LogP) is -1.14. The lowest BCUT2D eigenvalue weighted by molar-refractivity contribution is -0.0398. The maximum atomic E-state index is 11.6. The van der Waals surface area contributed by atoms with Crippen LogP contribution >= 0.6 is 15.5 Å². The normalized spacial score (nSPS) is 26.2. The summed E-state index contributed by atoms with van der Waals surface area (Å²) in [5.74, 6) is 0.178. The van der Waals surface area contributed by atoms with Crippen LogP contribution in [0.1, 0.15) is 12.6 Å². The molecule has 1 fully saturated rings. The van der Waals surface area contributed by atoms with E-state index in [1.54, 1.807) is 0 Å². The fourth-order valence-electron chi connectivity index (χ4n) is 2.48. The monoisotopic (exact) mass is 410 g/mol. The van der Waals surface area contributed by atoms with E-state index in [1.807, 2.05) is 0 Å². The number of hydrogen-bond acceptors (Lipinski definition) is 9. The molecule has 16 heteroatoms. The Morgan fingerprint density at radius 1 is 1.35 bits per heavy atom. The van der Waals surface area contributed by atoms with Gasteiger partial charge in [0.1, 0.15) is 24.2 Å². The van der Waals surface area contributed by atoms with Gasteiger partial charge in [-0.1, -0.05) is 0 Å². The van der Waals surface area contributed by atoms with Crippen LogP contribution in [0.2, 0.25) is 0 Å². The van der Waals surface area contributed by atoms with Gasteiger partial charge in [0.2, 0.25) is 0 Å². The molecule has 0 aliphatic carbocycles. The molecule has 1 unspecified atom stereocenters. The van der Waals surface area contributed by atoms with Crippen molar-refractivity contribution in [1.29, 1.82) is 0 Å². The van der Waals surface area contributed by atoms with E-state index >= 15 is 0 Å². The molecule has 144 valence electrons. The molecule has 0 amide bonds. The van der Waals surface area contributed by atoms with Gasteiger partial charge >= 0.3 is 15.5 Å². The van der Waals surface area contributed by atoms with Crippen LogP contribution in [0.25, 0.3) is 11.2 Å². The van der Waals surface area contributed by atoms with E-state index in [1.165, 1.54) is 22.1 Å². The quantitative estimate of drug-likeness (QED) is 0.311. The number of aromatic nitrogens is 4. The molecule has 4 atom stereocenters. The van der Waals surface area contributed by atoms with Crippen LogP contribution in [0, 0.1) is 0 Å². The molecule has 26 heavy (non-hydrogen) atoms. The average Bonchev–Trinajstić information content (AvgIpc) is 3.07. The number of rotatable bonds is 6. The highest BCUT2D eigenvalue weighted by Gasteiger charge is 2.38. The van der Waals surface area contributed by atoms with Gasteiger partial charge in [0.25, 0.3) is 0 Å². The molecule has 0 saturated carbocycles. The Bertz CT molecular complexity index is 901. The van der Waals surface area contributed by atoms with Crippen LogP contribution in [0.15, 0.2) is 12.7 Å². The van der Waals surface area contributed by atoms with E-state index in [0.717, 1.165) is 0 Å². The van der Waals surface area contributed by atoms with Crippen LogP contribution in [0.4, 0.5) is 5.82 Å². The summed E-state index contributed by atoms with van der Waals surface area (Å²) in [6.45, 7) is -0.581. The summed E-state index contributed by atoms with van der Waals surface area (Å²) < 4.78 is 34.0. The smallest absolute Gasteiger partial charge is 0.390 e. The summed E-state index contributed by atoms with van der Waals surface area (Å²) in [6.07, 6.45) is -0.0290. The van der Waals surface area contributed by atoms with E-state index in [9.17, 15) is 19.1 Å². The molecule has 14 nitrogen and oxygen atoms in total. The van der Waals surface area contributed by atoms with E-state index in [-0.39, 0.29) is 12.2 Å². The lowest BCUT2D eigenvalue weighted by Crippen LogP contribution is -2.27. The van der Waals surface area contributed by atoms with Gasteiger partial charge in [0, 0.05) is 6.42 Å². The van der Waals surface area contributed by atoms with E-state index in [4.69, 9.17) is 20.3 Å². The number of ether oxygens (including phenoxy) is 1. The first-order valence-corrected chi connectivity index (χ1v) is 10.3. The zero-order valence-electron chi connectivity index (χ0n) is 13.0. The first-order chi connectivity index (χ1) is 12.1. The molecular formula is C10H16N6O8P2. The van der Waals surface area contributed by atoms with Crippen LogP contribution in [0.3, 0.4) is 0 Å². The van der Waals surface area contributed by atoms with Crippen LogP contribution in [-0.2, 0) is 18.4 Å². The van der Waals surface area contributed by atoms with Crippen molar-refractivity contribution in [2.45, 2.75) is 24.9 Å². The van der Waals surface area contributed by atoms with Crippen LogP contribution in [-0.4, -0.2) is 58.1 Å². The number of imidazole rings is 1. The lowest BCUT2D eigenvalue weighted by atomic mass is 10.2. The van der Waals surface area contributed by atoms with Crippen molar-refractivity contribution in [3.8, 4) is 0 Å². The third-order valence-electron chi connectivity index (χ3n) is 3.57. The Labute approximate surface area is 145 Å². The number of hydrogen-bond donors (Lipinski definition) is 6. The molecular weight excluding hydrogens is 394 g/mol. The maximum absolute atomic E-state index is 11.6. The lowest BCUT2D eigenvalue weighted by Gasteiger charge is -2.18. The van der Waals surface area contributed by atoms with E-state index in [2.05, 4.69) is 19.5 Å². The molecule has 1 aliphatic heterocycles. The maximum Gasteiger partial charge on any atom is 0.412 e. The topological polar surface area (TPSA) is 215 Å². The fraction of sp³-hybridized carbons (Fsp3) is 0.500. The molecule has 3 heterocycles. The highest BCUT2D eigenvalue weighted by Crippen LogP contribution is 2.49. The standard InChI is InChI=1S/C10H16N6O8P2/c11-9-8-10(13-3-12-9)16(4-14-8)7-1-5(17)6(24-7)2-23-26(21,22)15-25(18,19)20/h3-7,17H,1-2H2,(H2,11,12,13)(H4,15,18,19,20,21,22)/t5-,6-,7+/m0/s1. The first-order valence-electron chi connectivity index (χ1n) is 7.15. The molecule has 0 bridgehead atoms. The average molecular weight is 410 g/mol. The number of nitrogen functional groups attached to an aromatic ring is 1. The Hall–Kier alpha value is -1.47. The van der Waals surface area contributed by atoms with Crippen molar-refractivity contribution in [2.75, 3.05) is 12.3 Å². The minimum absolute atomic E-state index is 0.102. The van der Waals surface area contributed by atoms with Crippen LogP contribution < -0.4 is 10.6 Å². The van der Waals surface area contributed by atoms with Crippen molar-refractivity contribution >= 4 is 32.5 Å². The number of aliphatic hydroxyl groups is 1. The highest BCUT2D eigenvalue weighted by atomic mass is 31.3. The minimum Gasteiger partial charge on any atom is -0.390 e. The first kappa shape index (κ1) is 19.3. The van der Waals surface area contributed by atoms with Crippen molar-refractivity contribution in [3.63, 3.8) is 0 Å². The molecule has 2 aromatic rings. The Kier molecular flexibility index (Phi) is 5.14. The van der Waals surface area contributed by atoms with Gasteiger partial charge in [0.05, 0.1) is 19.0 Å². The third-order valence-corrected chi connectivity index (χ3v) is 6.12. The third kappa shape index (κ3) is 4.26. The Morgan fingerprint density at radius 3 is 2.77 bits per heavy atom. The predicted molar refractivity (Wildman–Crippen MR) is 85.2 cm³/mol. The summed E-state index contributed by atoms with van der Waals surface area (Å²) in [5, 5.41) is 10.1. The van der Waals surface area contributed by atoms with Gasteiger partial charge in [-0.15, -0.1) is 4.86 Å². The molecule has 0 radical (unpaired) electrons. The number of aliphatic hydroxyl groups excluding tert-OH is 1. The number of anilines is 1. The van der Waals surface area contributed by atoms with Crippen molar-refractivity contribution in [1.82, 2.24) is 24.4 Å². The second-order valence-electron chi connectivity index (χ2n) is 5.48. The highest BCUT2D eigenvalue weighted by molar-refractivity contribution is 7.66. The zero-order chi connectivity index (χ0) is 19.1. The molecule has 3 rings (SSSR count). The van der Waals surface area contributed by atoms with Gasteiger partial charge in [-0.2, -0.15) is 0 Å². The van der Waals surface area contributed by atoms with Gasteiger partial charge < -0.3 is 30.3 Å². The Balaban J connectivity index is 1.69. The second kappa shape index (κ2) is 6.93. The molecule has 1 saturated heterocycles. The molecule has 1 aliphatic rings. The SMILES string of the molecule is Nc1ncnc2c1ncn2[C@H]1C[C@H](O)[C@H](COP(=O)(O)NP(=O)(O)O)O1. The molecule has 2 aromatic heterocycles. The van der Waals surface area contributed by atoms with Crippen molar-refractivity contribution < 1.29 is 38.2 Å².